The van der Waals surface area contributed by atoms with Gasteiger partial charge in [-0.25, -0.2) is 9.36 Å². The van der Waals surface area contributed by atoms with Gasteiger partial charge in [0.2, 0.25) is 0 Å². The van der Waals surface area contributed by atoms with Crippen molar-refractivity contribution < 1.29 is 0 Å². The van der Waals surface area contributed by atoms with Crippen molar-refractivity contribution in [2.24, 2.45) is 0 Å². The number of rotatable bonds is 3. The molecule has 0 saturated heterocycles. The summed E-state index contributed by atoms with van der Waals surface area (Å²) in [7, 11) is 0. The number of aryl methyl sites for hydroxylation is 3. The van der Waals surface area contributed by atoms with Crippen LogP contribution < -0.4 is 5.56 Å². The molecule has 0 radical (unpaired) electrons. The molecule has 2 aromatic heterocycles. The predicted molar refractivity (Wildman–Crippen MR) is 103 cm³/mol. The number of hydrogen-bond donors (Lipinski definition) is 0. The van der Waals surface area contributed by atoms with Crippen LogP contribution in [0.4, 0.5) is 0 Å². The molecule has 0 spiro atoms. The molecule has 0 aliphatic heterocycles. The van der Waals surface area contributed by atoms with Gasteiger partial charge in [-0.2, -0.15) is 10.2 Å². The summed E-state index contributed by atoms with van der Waals surface area (Å²) in [6.45, 7) is 6.48. The molecule has 26 heavy (non-hydrogen) atoms. The number of aromatic nitrogens is 4. The monoisotopic (exact) mass is 344 g/mol. The second kappa shape index (κ2) is 6.26. The normalized spacial score (nSPS) is 11.2. The van der Waals surface area contributed by atoms with E-state index in [0.717, 1.165) is 22.3 Å². The van der Waals surface area contributed by atoms with Crippen LogP contribution in [0.25, 0.3) is 16.6 Å². The molecule has 0 bridgehead atoms. The smallest absolute Gasteiger partial charge is 0.265 e. The van der Waals surface area contributed by atoms with Gasteiger partial charge in [0.25, 0.3) is 5.56 Å². The molecule has 5 nitrogen and oxygen atoms in total. The fourth-order valence-corrected chi connectivity index (χ4v) is 3.14. The lowest BCUT2D eigenvalue weighted by Crippen LogP contribution is -2.26. The SMILES string of the molecule is Cc1ccc(-n2ncc3c(C)nn(Cc4ccccc4)c(=O)c32)cc1C. The number of benzene rings is 2. The van der Waals surface area contributed by atoms with Crippen LogP contribution in [0.3, 0.4) is 0 Å². The van der Waals surface area contributed by atoms with Crippen molar-refractivity contribution in [2.45, 2.75) is 27.3 Å². The van der Waals surface area contributed by atoms with E-state index >= 15 is 0 Å². The average molecular weight is 344 g/mol. The molecule has 5 heteroatoms. The fraction of sp³-hybridized carbons (Fsp3) is 0.190. The van der Waals surface area contributed by atoms with E-state index in [-0.39, 0.29) is 5.56 Å². The summed E-state index contributed by atoms with van der Waals surface area (Å²) in [5.41, 5.74) is 5.54. The summed E-state index contributed by atoms with van der Waals surface area (Å²) >= 11 is 0. The largest absolute Gasteiger partial charge is 0.293 e. The van der Waals surface area contributed by atoms with Gasteiger partial charge in [0, 0.05) is 5.39 Å². The topological polar surface area (TPSA) is 52.7 Å². The highest BCUT2D eigenvalue weighted by Gasteiger charge is 2.15. The fourth-order valence-electron chi connectivity index (χ4n) is 3.14. The molecule has 0 atom stereocenters. The zero-order chi connectivity index (χ0) is 18.3. The average Bonchev–Trinajstić information content (AvgIpc) is 3.08. The van der Waals surface area contributed by atoms with Gasteiger partial charge in [-0.1, -0.05) is 36.4 Å². The molecule has 2 aromatic carbocycles. The molecule has 4 aromatic rings. The molecule has 0 aliphatic rings. The van der Waals surface area contributed by atoms with Crippen LogP contribution in [0.5, 0.6) is 0 Å². The van der Waals surface area contributed by atoms with Crippen molar-refractivity contribution >= 4 is 10.9 Å². The minimum Gasteiger partial charge on any atom is -0.265 e. The molecule has 0 amide bonds. The summed E-state index contributed by atoms with van der Waals surface area (Å²) in [6.07, 6.45) is 1.72. The third-order valence-corrected chi connectivity index (χ3v) is 4.78. The zero-order valence-electron chi connectivity index (χ0n) is 15.1. The van der Waals surface area contributed by atoms with E-state index < -0.39 is 0 Å². The first-order chi connectivity index (χ1) is 12.5. The first-order valence-electron chi connectivity index (χ1n) is 8.61. The quantitative estimate of drug-likeness (QED) is 0.571. The van der Waals surface area contributed by atoms with Crippen molar-refractivity contribution in [3.63, 3.8) is 0 Å². The summed E-state index contributed by atoms with van der Waals surface area (Å²) in [4.78, 5) is 13.1. The van der Waals surface area contributed by atoms with Crippen molar-refractivity contribution in [1.29, 1.82) is 0 Å². The minimum absolute atomic E-state index is 0.134. The highest BCUT2D eigenvalue weighted by molar-refractivity contribution is 5.81. The van der Waals surface area contributed by atoms with Crippen LogP contribution in [0.2, 0.25) is 0 Å². The standard InChI is InChI=1S/C21H20N4O/c1-14-9-10-18(11-15(14)2)25-20-19(12-22-25)16(3)23-24(21(20)26)13-17-7-5-4-6-8-17/h4-12H,13H2,1-3H3. The van der Waals surface area contributed by atoms with Crippen LogP contribution in [0, 0.1) is 20.8 Å². The Morgan fingerprint density at radius 3 is 2.46 bits per heavy atom. The molecule has 0 saturated carbocycles. The third-order valence-electron chi connectivity index (χ3n) is 4.78. The van der Waals surface area contributed by atoms with Crippen LogP contribution in [-0.4, -0.2) is 19.6 Å². The van der Waals surface area contributed by atoms with E-state index in [2.05, 4.69) is 36.2 Å². The lowest BCUT2D eigenvalue weighted by atomic mass is 10.1. The zero-order valence-corrected chi connectivity index (χ0v) is 15.1. The summed E-state index contributed by atoms with van der Waals surface area (Å²) in [5, 5.41) is 9.74. The van der Waals surface area contributed by atoms with Crippen LogP contribution >= 0.6 is 0 Å². The third kappa shape index (κ3) is 2.71. The summed E-state index contributed by atoms with van der Waals surface area (Å²) in [6, 6.07) is 16.0. The lowest BCUT2D eigenvalue weighted by molar-refractivity contribution is 0.634. The van der Waals surface area contributed by atoms with Gasteiger partial charge in [-0.3, -0.25) is 4.79 Å². The van der Waals surface area contributed by atoms with Gasteiger partial charge >= 0.3 is 0 Å². The van der Waals surface area contributed by atoms with Gasteiger partial charge in [0.1, 0.15) is 5.52 Å². The van der Waals surface area contributed by atoms with Gasteiger partial charge < -0.3 is 0 Å². The Morgan fingerprint density at radius 2 is 1.73 bits per heavy atom. The van der Waals surface area contributed by atoms with E-state index in [9.17, 15) is 4.79 Å². The number of nitrogens with zero attached hydrogens (tertiary/aromatic N) is 4. The van der Waals surface area contributed by atoms with Gasteiger partial charge in [0.15, 0.2) is 0 Å². The minimum atomic E-state index is -0.134. The molecule has 0 aliphatic carbocycles. The Kier molecular flexibility index (Phi) is 3.92. The van der Waals surface area contributed by atoms with Crippen LogP contribution in [0.1, 0.15) is 22.4 Å². The maximum atomic E-state index is 13.1. The maximum absolute atomic E-state index is 13.1. The van der Waals surface area contributed by atoms with E-state index in [1.165, 1.54) is 15.8 Å². The number of hydrogen-bond acceptors (Lipinski definition) is 3. The molecule has 4 rings (SSSR count). The van der Waals surface area contributed by atoms with Crippen molar-refractivity contribution in [2.75, 3.05) is 0 Å². The Balaban J connectivity index is 1.91. The molecule has 0 N–H and O–H groups in total. The molecular formula is C21H20N4O. The second-order valence-electron chi connectivity index (χ2n) is 6.62. The molecule has 0 unspecified atom stereocenters. The van der Waals surface area contributed by atoms with Crippen molar-refractivity contribution in [1.82, 2.24) is 19.6 Å². The molecule has 2 heterocycles. The first kappa shape index (κ1) is 16.3. The van der Waals surface area contributed by atoms with Crippen LogP contribution in [0.15, 0.2) is 59.5 Å². The highest BCUT2D eigenvalue weighted by atomic mass is 16.1. The Morgan fingerprint density at radius 1 is 0.962 bits per heavy atom. The summed E-state index contributed by atoms with van der Waals surface area (Å²) in [5.74, 6) is 0. The van der Waals surface area contributed by atoms with Crippen LogP contribution in [-0.2, 0) is 6.54 Å². The molecule has 0 fully saturated rings. The number of fused-ring (bicyclic) bond motifs is 1. The van der Waals surface area contributed by atoms with E-state index in [0.29, 0.717) is 12.1 Å². The highest BCUT2D eigenvalue weighted by Crippen LogP contribution is 2.19. The first-order valence-corrected chi connectivity index (χ1v) is 8.61. The summed E-state index contributed by atoms with van der Waals surface area (Å²) < 4.78 is 3.24. The van der Waals surface area contributed by atoms with Crippen molar-refractivity contribution in [3.05, 3.63) is 87.5 Å². The Labute approximate surface area is 151 Å². The van der Waals surface area contributed by atoms with E-state index in [1.54, 1.807) is 10.9 Å². The van der Waals surface area contributed by atoms with Gasteiger partial charge in [-0.15, -0.1) is 0 Å². The van der Waals surface area contributed by atoms with Gasteiger partial charge in [0.05, 0.1) is 24.1 Å². The van der Waals surface area contributed by atoms with Gasteiger partial charge in [-0.05, 0) is 49.6 Å². The second-order valence-corrected chi connectivity index (χ2v) is 6.62. The predicted octanol–water partition coefficient (Wildman–Crippen LogP) is 3.56. The Bertz CT molecular complexity index is 1160. The van der Waals surface area contributed by atoms with E-state index in [4.69, 9.17) is 0 Å². The van der Waals surface area contributed by atoms with E-state index in [1.807, 2.05) is 43.3 Å². The van der Waals surface area contributed by atoms with Crippen molar-refractivity contribution in [3.8, 4) is 5.69 Å². The maximum Gasteiger partial charge on any atom is 0.293 e. The molecule has 130 valence electrons. The lowest BCUT2D eigenvalue weighted by Gasteiger charge is -2.10. The Hall–Kier alpha value is -3.21. The molecular weight excluding hydrogens is 324 g/mol.